The van der Waals surface area contributed by atoms with Crippen LogP contribution in [0.3, 0.4) is 0 Å². The van der Waals surface area contributed by atoms with Crippen molar-refractivity contribution in [3.63, 3.8) is 0 Å². The standard InChI is InChI=1S/C16H30O4/c1-4-11-14(16(18)20-6-3)12-9-7-8-10-13-15(17)19-5-2/h14H,4-13H2,1-3H3. The number of carbonyl (C=O) groups excluding carboxylic acids is 2. The smallest absolute Gasteiger partial charge is 0.308 e. The molecular weight excluding hydrogens is 256 g/mol. The molecule has 4 heteroatoms. The Labute approximate surface area is 123 Å². The average molecular weight is 286 g/mol. The van der Waals surface area contributed by atoms with E-state index in [0.29, 0.717) is 19.6 Å². The predicted molar refractivity (Wildman–Crippen MR) is 79.4 cm³/mol. The van der Waals surface area contributed by atoms with E-state index in [0.717, 1.165) is 44.9 Å². The van der Waals surface area contributed by atoms with Crippen LogP contribution in [0.15, 0.2) is 0 Å². The van der Waals surface area contributed by atoms with E-state index >= 15 is 0 Å². The lowest BCUT2D eigenvalue weighted by molar-refractivity contribution is -0.148. The maximum Gasteiger partial charge on any atom is 0.308 e. The molecule has 0 bridgehead atoms. The zero-order valence-electron chi connectivity index (χ0n) is 13.3. The third-order valence-corrected chi connectivity index (χ3v) is 3.25. The van der Waals surface area contributed by atoms with Crippen LogP contribution in [0.5, 0.6) is 0 Å². The molecule has 118 valence electrons. The fraction of sp³-hybridized carbons (Fsp3) is 0.875. The van der Waals surface area contributed by atoms with Crippen molar-refractivity contribution in [2.75, 3.05) is 13.2 Å². The predicted octanol–water partition coefficient (Wildman–Crippen LogP) is 3.87. The number of ether oxygens (including phenoxy) is 2. The fourth-order valence-corrected chi connectivity index (χ4v) is 2.24. The Kier molecular flexibility index (Phi) is 12.3. The van der Waals surface area contributed by atoms with Gasteiger partial charge in [0.1, 0.15) is 0 Å². The summed E-state index contributed by atoms with van der Waals surface area (Å²) in [5, 5.41) is 0. The monoisotopic (exact) mass is 286 g/mol. The van der Waals surface area contributed by atoms with Crippen LogP contribution in [0, 0.1) is 5.92 Å². The SMILES string of the molecule is CCCC(CCCCCCC(=O)OCC)C(=O)OCC. The highest BCUT2D eigenvalue weighted by Gasteiger charge is 2.17. The molecule has 0 aromatic carbocycles. The molecule has 1 atom stereocenters. The highest BCUT2D eigenvalue weighted by atomic mass is 16.5. The Hall–Kier alpha value is -1.06. The Morgan fingerprint density at radius 2 is 1.50 bits per heavy atom. The minimum absolute atomic E-state index is 0.0463. The summed E-state index contributed by atoms with van der Waals surface area (Å²) in [5.41, 5.74) is 0. The molecule has 0 spiro atoms. The number of hydrogen-bond donors (Lipinski definition) is 0. The van der Waals surface area contributed by atoms with E-state index < -0.39 is 0 Å². The molecule has 0 saturated heterocycles. The summed E-state index contributed by atoms with van der Waals surface area (Å²) >= 11 is 0. The maximum absolute atomic E-state index is 11.7. The number of unbranched alkanes of at least 4 members (excludes halogenated alkanes) is 3. The summed E-state index contributed by atoms with van der Waals surface area (Å²) in [7, 11) is 0. The van der Waals surface area contributed by atoms with Crippen LogP contribution in [-0.2, 0) is 19.1 Å². The van der Waals surface area contributed by atoms with Gasteiger partial charge < -0.3 is 9.47 Å². The van der Waals surface area contributed by atoms with E-state index in [1.807, 2.05) is 13.8 Å². The van der Waals surface area contributed by atoms with E-state index in [1.165, 1.54) is 0 Å². The van der Waals surface area contributed by atoms with E-state index in [4.69, 9.17) is 9.47 Å². The molecule has 0 amide bonds. The molecule has 0 aliphatic rings. The van der Waals surface area contributed by atoms with E-state index in [2.05, 4.69) is 6.92 Å². The molecule has 0 aliphatic carbocycles. The Balaban J connectivity index is 3.68. The first kappa shape index (κ1) is 18.9. The summed E-state index contributed by atoms with van der Waals surface area (Å²) in [5.74, 6) is -0.117. The lowest BCUT2D eigenvalue weighted by Gasteiger charge is -2.14. The van der Waals surface area contributed by atoms with Gasteiger partial charge in [-0.05, 0) is 33.1 Å². The normalized spacial score (nSPS) is 11.9. The van der Waals surface area contributed by atoms with Crippen molar-refractivity contribution in [2.45, 2.75) is 72.1 Å². The zero-order valence-corrected chi connectivity index (χ0v) is 13.3. The average Bonchev–Trinajstić information content (AvgIpc) is 2.42. The van der Waals surface area contributed by atoms with Crippen molar-refractivity contribution in [1.82, 2.24) is 0 Å². The lowest BCUT2D eigenvalue weighted by Crippen LogP contribution is -2.17. The summed E-state index contributed by atoms with van der Waals surface area (Å²) in [6, 6.07) is 0. The first-order valence-electron chi connectivity index (χ1n) is 7.97. The van der Waals surface area contributed by atoms with Crippen LogP contribution in [-0.4, -0.2) is 25.2 Å². The van der Waals surface area contributed by atoms with Crippen molar-refractivity contribution >= 4 is 11.9 Å². The van der Waals surface area contributed by atoms with Gasteiger partial charge in [-0.15, -0.1) is 0 Å². The minimum Gasteiger partial charge on any atom is -0.466 e. The molecule has 0 saturated carbocycles. The third-order valence-electron chi connectivity index (χ3n) is 3.25. The second-order valence-electron chi connectivity index (χ2n) is 5.00. The Morgan fingerprint density at radius 3 is 2.10 bits per heavy atom. The van der Waals surface area contributed by atoms with Gasteiger partial charge in [-0.2, -0.15) is 0 Å². The number of esters is 2. The molecule has 4 nitrogen and oxygen atoms in total. The Bertz CT molecular complexity index is 263. The van der Waals surface area contributed by atoms with Crippen molar-refractivity contribution in [2.24, 2.45) is 5.92 Å². The van der Waals surface area contributed by atoms with Gasteiger partial charge in [0.15, 0.2) is 0 Å². The largest absolute Gasteiger partial charge is 0.466 e. The molecule has 0 heterocycles. The van der Waals surface area contributed by atoms with Crippen molar-refractivity contribution in [3.8, 4) is 0 Å². The molecular formula is C16H30O4. The van der Waals surface area contributed by atoms with Crippen molar-refractivity contribution in [3.05, 3.63) is 0 Å². The molecule has 1 unspecified atom stereocenters. The van der Waals surface area contributed by atoms with Gasteiger partial charge in [-0.1, -0.05) is 32.6 Å². The first-order valence-corrected chi connectivity index (χ1v) is 7.97. The zero-order chi connectivity index (χ0) is 15.2. The minimum atomic E-state index is -0.108. The fourth-order valence-electron chi connectivity index (χ4n) is 2.24. The summed E-state index contributed by atoms with van der Waals surface area (Å²) in [6.07, 6.45) is 7.27. The van der Waals surface area contributed by atoms with Crippen LogP contribution in [0.25, 0.3) is 0 Å². The van der Waals surface area contributed by atoms with Crippen molar-refractivity contribution in [1.29, 1.82) is 0 Å². The highest BCUT2D eigenvalue weighted by Crippen LogP contribution is 2.18. The molecule has 0 fully saturated rings. The maximum atomic E-state index is 11.7. The number of rotatable bonds is 12. The summed E-state index contributed by atoms with van der Waals surface area (Å²) < 4.78 is 9.97. The van der Waals surface area contributed by atoms with Gasteiger partial charge in [-0.25, -0.2) is 0 Å². The first-order chi connectivity index (χ1) is 9.65. The molecule has 0 radical (unpaired) electrons. The third kappa shape index (κ3) is 9.82. The van der Waals surface area contributed by atoms with Gasteiger partial charge in [0, 0.05) is 6.42 Å². The van der Waals surface area contributed by atoms with Crippen molar-refractivity contribution < 1.29 is 19.1 Å². The van der Waals surface area contributed by atoms with Crippen LogP contribution in [0.1, 0.15) is 72.1 Å². The second-order valence-corrected chi connectivity index (χ2v) is 5.00. The molecule has 0 aromatic heterocycles. The Morgan fingerprint density at radius 1 is 0.850 bits per heavy atom. The van der Waals surface area contributed by atoms with Gasteiger partial charge >= 0.3 is 11.9 Å². The van der Waals surface area contributed by atoms with E-state index in [1.54, 1.807) is 0 Å². The molecule has 0 rings (SSSR count). The number of hydrogen-bond acceptors (Lipinski definition) is 4. The van der Waals surface area contributed by atoms with Gasteiger partial charge in [0.05, 0.1) is 19.1 Å². The summed E-state index contributed by atoms with van der Waals surface area (Å²) in [4.78, 5) is 22.9. The van der Waals surface area contributed by atoms with E-state index in [9.17, 15) is 9.59 Å². The summed E-state index contributed by atoms with van der Waals surface area (Å²) in [6.45, 7) is 6.67. The quantitative estimate of drug-likeness (QED) is 0.404. The molecule has 0 N–H and O–H groups in total. The molecule has 20 heavy (non-hydrogen) atoms. The molecule has 0 aliphatic heterocycles. The van der Waals surface area contributed by atoms with E-state index in [-0.39, 0.29) is 17.9 Å². The number of carbonyl (C=O) groups is 2. The van der Waals surface area contributed by atoms with Crippen LogP contribution in [0.4, 0.5) is 0 Å². The van der Waals surface area contributed by atoms with Gasteiger partial charge in [0.25, 0.3) is 0 Å². The van der Waals surface area contributed by atoms with Crippen LogP contribution in [0.2, 0.25) is 0 Å². The topological polar surface area (TPSA) is 52.6 Å². The lowest BCUT2D eigenvalue weighted by atomic mass is 9.96. The second kappa shape index (κ2) is 12.9. The van der Waals surface area contributed by atoms with Gasteiger partial charge in [0.2, 0.25) is 0 Å². The van der Waals surface area contributed by atoms with Gasteiger partial charge in [-0.3, -0.25) is 9.59 Å². The van der Waals surface area contributed by atoms with Crippen LogP contribution >= 0.6 is 0 Å². The van der Waals surface area contributed by atoms with Crippen LogP contribution < -0.4 is 0 Å². The molecule has 0 aromatic rings. The highest BCUT2D eigenvalue weighted by molar-refractivity contribution is 5.72.